The van der Waals surface area contributed by atoms with E-state index in [0.29, 0.717) is 11.3 Å². The van der Waals surface area contributed by atoms with Crippen LogP contribution in [0.2, 0.25) is 0 Å². The molecule has 0 spiro atoms. The van der Waals surface area contributed by atoms with Crippen LogP contribution in [0.25, 0.3) is 0 Å². The van der Waals surface area contributed by atoms with Gasteiger partial charge in [-0.05, 0) is 32.6 Å². The fourth-order valence-electron chi connectivity index (χ4n) is 2.30. The van der Waals surface area contributed by atoms with Crippen LogP contribution in [0, 0.1) is 6.92 Å². The summed E-state index contributed by atoms with van der Waals surface area (Å²) in [5.41, 5.74) is 0.600. The van der Waals surface area contributed by atoms with Gasteiger partial charge in [-0.3, -0.25) is 5.10 Å². The van der Waals surface area contributed by atoms with Gasteiger partial charge in [-0.2, -0.15) is 5.10 Å². The van der Waals surface area contributed by atoms with Crippen LogP contribution in [0.4, 0.5) is 0 Å². The number of aliphatic hydroxyl groups is 1. The van der Waals surface area contributed by atoms with Crippen LogP contribution in [0.3, 0.4) is 0 Å². The summed E-state index contributed by atoms with van der Waals surface area (Å²) in [6, 6.07) is 0. The summed E-state index contributed by atoms with van der Waals surface area (Å²) in [5.74, 6) is 0. The van der Waals surface area contributed by atoms with Gasteiger partial charge in [0.05, 0.1) is 6.61 Å². The lowest BCUT2D eigenvalue weighted by Crippen LogP contribution is -2.53. The number of H-pyrrole nitrogens is 1. The Morgan fingerprint density at radius 1 is 1.50 bits per heavy atom. The third-order valence-electron chi connectivity index (χ3n) is 3.79. The summed E-state index contributed by atoms with van der Waals surface area (Å²) in [6.07, 6.45) is 3.54. The number of nitrogens with zero attached hydrogens (tertiary/aromatic N) is 1. The number of sulfonamides is 1. The van der Waals surface area contributed by atoms with Gasteiger partial charge in [0.15, 0.2) is 5.03 Å². The average molecular weight is 273 g/mol. The van der Waals surface area contributed by atoms with E-state index >= 15 is 0 Å². The Morgan fingerprint density at radius 3 is 2.61 bits per heavy atom. The third-order valence-corrected chi connectivity index (χ3v) is 5.34. The van der Waals surface area contributed by atoms with E-state index in [4.69, 9.17) is 0 Å². The number of aryl methyl sites for hydroxylation is 1. The Balaban J connectivity index is 2.31. The minimum absolute atomic E-state index is 0.0813. The van der Waals surface area contributed by atoms with E-state index in [0.717, 1.165) is 25.7 Å². The van der Waals surface area contributed by atoms with Crippen molar-refractivity contribution in [3.05, 3.63) is 11.3 Å². The van der Waals surface area contributed by atoms with E-state index < -0.39 is 10.0 Å². The number of hydrogen-bond donors (Lipinski definition) is 3. The molecule has 0 radical (unpaired) electrons. The molecule has 0 saturated heterocycles. The van der Waals surface area contributed by atoms with Gasteiger partial charge in [0.1, 0.15) is 0 Å². The summed E-state index contributed by atoms with van der Waals surface area (Å²) in [4.78, 5) is 0. The summed E-state index contributed by atoms with van der Waals surface area (Å²) in [5, 5.41) is 15.5. The highest BCUT2D eigenvalue weighted by Gasteiger charge is 2.40. The molecule has 0 amide bonds. The van der Waals surface area contributed by atoms with Crippen molar-refractivity contribution in [1.82, 2.24) is 14.9 Å². The van der Waals surface area contributed by atoms with Crippen molar-refractivity contribution in [3.8, 4) is 0 Å². The molecule has 0 unspecified atom stereocenters. The maximum Gasteiger partial charge on any atom is 0.260 e. The molecule has 0 bridgehead atoms. The summed E-state index contributed by atoms with van der Waals surface area (Å²) >= 11 is 0. The van der Waals surface area contributed by atoms with Crippen molar-refractivity contribution in [3.63, 3.8) is 0 Å². The second kappa shape index (κ2) is 4.64. The molecule has 1 aliphatic carbocycles. The van der Waals surface area contributed by atoms with Crippen molar-refractivity contribution >= 4 is 10.0 Å². The normalized spacial score (nSPS) is 18.6. The van der Waals surface area contributed by atoms with Crippen LogP contribution < -0.4 is 4.72 Å². The lowest BCUT2D eigenvalue weighted by Gasteiger charge is -2.41. The van der Waals surface area contributed by atoms with Gasteiger partial charge in [0, 0.05) is 16.8 Å². The zero-order chi connectivity index (χ0) is 13.4. The van der Waals surface area contributed by atoms with Gasteiger partial charge in [-0.15, -0.1) is 0 Å². The van der Waals surface area contributed by atoms with E-state index in [1.54, 1.807) is 6.92 Å². The maximum atomic E-state index is 12.3. The molecule has 1 aliphatic rings. The molecule has 1 saturated carbocycles. The molecule has 1 aromatic rings. The molecule has 6 nitrogen and oxygen atoms in total. The summed E-state index contributed by atoms with van der Waals surface area (Å²) in [6.45, 7) is 3.33. The quantitative estimate of drug-likeness (QED) is 0.740. The van der Waals surface area contributed by atoms with Crippen LogP contribution in [0.5, 0.6) is 0 Å². The lowest BCUT2D eigenvalue weighted by atomic mass is 9.76. The molecule has 1 aromatic heterocycles. The fraction of sp³-hybridized carbons (Fsp3) is 0.727. The molecule has 0 aromatic carbocycles. The zero-order valence-electron chi connectivity index (χ0n) is 10.7. The minimum atomic E-state index is -3.67. The number of aliphatic hydroxyl groups excluding tert-OH is 1. The monoisotopic (exact) mass is 273 g/mol. The molecular formula is C11H19N3O3S. The average Bonchev–Trinajstić information content (AvgIpc) is 2.65. The molecule has 0 atom stereocenters. The van der Waals surface area contributed by atoms with Gasteiger partial charge < -0.3 is 5.11 Å². The molecular weight excluding hydrogens is 254 g/mol. The van der Waals surface area contributed by atoms with Gasteiger partial charge in [0.25, 0.3) is 10.0 Å². The first kappa shape index (κ1) is 13.5. The number of nitrogens with one attached hydrogen (secondary N) is 2. The maximum absolute atomic E-state index is 12.3. The number of hydrogen-bond acceptors (Lipinski definition) is 4. The van der Waals surface area contributed by atoms with Gasteiger partial charge >= 0.3 is 0 Å². The molecule has 0 aliphatic heterocycles. The molecule has 102 valence electrons. The van der Waals surface area contributed by atoms with E-state index in [1.807, 2.05) is 6.92 Å². The van der Waals surface area contributed by atoms with Crippen LogP contribution in [0.15, 0.2) is 5.03 Å². The lowest BCUT2D eigenvalue weighted by molar-refractivity contribution is 0.213. The second-order valence-corrected chi connectivity index (χ2v) is 6.48. The van der Waals surface area contributed by atoms with E-state index in [1.165, 1.54) is 0 Å². The number of aromatic amines is 1. The van der Waals surface area contributed by atoms with Crippen molar-refractivity contribution in [2.24, 2.45) is 0 Å². The highest BCUT2D eigenvalue weighted by Crippen LogP contribution is 2.36. The van der Waals surface area contributed by atoms with Crippen LogP contribution in [-0.4, -0.2) is 29.3 Å². The van der Waals surface area contributed by atoms with E-state index in [2.05, 4.69) is 14.9 Å². The Bertz CT molecular complexity index is 526. The number of aromatic nitrogens is 2. The Labute approximate surface area is 107 Å². The highest BCUT2D eigenvalue weighted by atomic mass is 32.2. The summed E-state index contributed by atoms with van der Waals surface area (Å²) in [7, 11) is -3.67. The predicted octanol–water partition coefficient (Wildman–Crippen LogP) is 0.821. The smallest absolute Gasteiger partial charge is 0.260 e. The van der Waals surface area contributed by atoms with Gasteiger partial charge in [0.2, 0.25) is 0 Å². The first-order valence-electron chi connectivity index (χ1n) is 6.13. The fourth-order valence-corrected chi connectivity index (χ4v) is 4.03. The highest BCUT2D eigenvalue weighted by molar-refractivity contribution is 7.89. The first-order chi connectivity index (χ1) is 8.44. The molecule has 7 heteroatoms. The van der Waals surface area contributed by atoms with Crippen molar-refractivity contribution < 1.29 is 13.5 Å². The predicted molar refractivity (Wildman–Crippen MR) is 66.4 cm³/mol. The zero-order valence-corrected chi connectivity index (χ0v) is 11.5. The molecule has 3 N–H and O–H groups in total. The van der Waals surface area contributed by atoms with Crippen LogP contribution >= 0.6 is 0 Å². The van der Waals surface area contributed by atoms with Crippen molar-refractivity contribution in [1.29, 1.82) is 0 Å². The number of rotatable bonds is 5. The first-order valence-corrected chi connectivity index (χ1v) is 7.61. The topological polar surface area (TPSA) is 95.1 Å². The SMILES string of the molecule is CCC1(NS(=O)(=O)c2n[nH]c(C)c2CO)CCC1. The molecule has 18 heavy (non-hydrogen) atoms. The Morgan fingerprint density at radius 2 is 2.17 bits per heavy atom. The minimum Gasteiger partial charge on any atom is -0.392 e. The van der Waals surface area contributed by atoms with Crippen LogP contribution in [-0.2, 0) is 16.6 Å². The van der Waals surface area contributed by atoms with Crippen molar-refractivity contribution in [2.45, 2.75) is 56.7 Å². The third kappa shape index (κ3) is 2.17. The van der Waals surface area contributed by atoms with Gasteiger partial charge in [-0.1, -0.05) is 6.92 Å². The standard InChI is InChI=1S/C11H19N3O3S/c1-3-11(5-4-6-11)14-18(16,17)10-9(7-15)8(2)12-13-10/h14-15H,3-7H2,1-2H3,(H,12,13). The van der Waals surface area contributed by atoms with E-state index in [9.17, 15) is 13.5 Å². The van der Waals surface area contributed by atoms with Gasteiger partial charge in [-0.25, -0.2) is 13.1 Å². The Hall–Kier alpha value is -0.920. The molecule has 1 heterocycles. The summed E-state index contributed by atoms with van der Waals surface area (Å²) < 4.78 is 27.3. The van der Waals surface area contributed by atoms with E-state index in [-0.39, 0.29) is 17.2 Å². The van der Waals surface area contributed by atoms with Crippen LogP contribution in [0.1, 0.15) is 43.9 Å². The Kier molecular flexibility index (Phi) is 3.48. The largest absolute Gasteiger partial charge is 0.392 e. The molecule has 1 fully saturated rings. The van der Waals surface area contributed by atoms with Crippen molar-refractivity contribution in [2.75, 3.05) is 0 Å². The molecule has 2 rings (SSSR count). The second-order valence-electron chi connectivity index (χ2n) is 4.88.